The maximum atomic E-state index is 13.4. The average Bonchev–Trinajstić information content (AvgIpc) is 0.789. The second-order valence-electron chi connectivity index (χ2n) is 31.4. The van der Waals surface area contributed by atoms with Gasteiger partial charge in [-0.3, -0.25) is 4.79 Å². The smallest absolute Gasteiger partial charge is 0.220 e. The molecule has 0 aromatic rings. The molecule has 12 atom stereocenters. The minimum atomic E-state index is -1.79. The zero-order valence-corrected chi connectivity index (χ0v) is 67.3. The molecule has 104 heavy (non-hydrogen) atoms. The lowest BCUT2D eigenvalue weighted by Gasteiger charge is -2.46. The number of carbonyl (C=O) groups excluding carboxylic acids is 1. The molecular weight excluding hydrogens is 1300 g/mol. The number of hydrogen-bond acceptors (Lipinski definition) is 13. The van der Waals surface area contributed by atoms with E-state index < -0.39 is 86.8 Å². The van der Waals surface area contributed by atoms with Crippen LogP contribution in [0.15, 0.2) is 60.8 Å². The normalized spacial score (nSPS) is 21.7. The topological polar surface area (TPSA) is 228 Å². The number of nitrogens with one attached hydrogen (secondary N) is 1. The van der Waals surface area contributed by atoms with E-state index in [9.17, 15) is 45.6 Å². The number of rotatable bonds is 76. The van der Waals surface area contributed by atoms with Gasteiger partial charge in [-0.15, -0.1) is 0 Å². The molecular formula is C90H167NO13. The monoisotopic (exact) mass is 1470 g/mol. The Bertz CT molecular complexity index is 1980. The van der Waals surface area contributed by atoms with Crippen molar-refractivity contribution in [3.05, 3.63) is 60.8 Å². The highest BCUT2D eigenvalue weighted by Crippen LogP contribution is 2.31. The number of carbonyl (C=O) groups is 1. The van der Waals surface area contributed by atoms with E-state index in [2.05, 4.69) is 67.8 Å². The molecule has 0 bridgehead atoms. The average molecular weight is 1470 g/mol. The second-order valence-corrected chi connectivity index (χ2v) is 31.4. The molecule has 9 N–H and O–H groups in total. The van der Waals surface area contributed by atoms with Crippen molar-refractivity contribution in [1.82, 2.24) is 5.32 Å². The van der Waals surface area contributed by atoms with Crippen molar-refractivity contribution >= 4 is 5.91 Å². The molecule has 14 heteroatoms. The summed E-state index contributed by atoms with van der Waals surface area (Å²) in [5, 5.41) is 87.9. The van der Waals surface area contributed by atoms with E-state index in [1.165, 1.54) is 321 Å². The van der Waals surface area contributed by atoms with E-state index in [-0.39, 0.29) is 18.9 Å². The summed E-state index contributed by atoms with van der Waals surface area (Å²) >= 11 is 0. The van der Waals surface area contributed by atoms with Gasteiger partial charge in [0.15, 0.2) is 12.6 Å². The number of aliphatic hydroxyl groups excluding tert-OH is 8. The van der Waals surface area contributed by atoms with Crippen molar-refractivity contribution in [3.63, 3.8) is 0 Å². The van der Waals surface area contributed by atoms with Crippen LogP contribution in [0.4, 0.5) is 0 Å². The highest BCUT2D eigenvalue weighted by Gasteiger charge is 2.51. The largest absolute Gasteiger partial charge is 0.394 e. The van der Waals surface area contributed by atoms with Gasteiger partial charge in [0.2, 0.25) is 5.91 Å². The maximum Gasteiger partial charge on any atom is 0.220 e. The molecule has 0 aliphatic carbocycles. The summed E-state index contributed by atoms with van der Waals surface area (Å²) in [6.07, 6.45) is 84.8. The fourth-order valence-electron chi connectivity index (χ4n) is 14.8. The molecule has 0 saturated carbocycles. The lowest BCUT2D eigenvalue weighted by molar-refractivity contribution is -0.359. The number of amides is 1. The van der Waals surface area contributed by atoms with Gasteiger partial charge in [-0.25, -0.2) is 0 Å². The molecule has 14 nitrogen and oxygen atoms in total. The van der Waals surface area contributed by atoms with Crippen LogP contribution in [0, 0.1) is 0 Å². The van der Waals surface area contributed by atoms with Gasteiger partial charge in [0.05, 0.1) is 32.0 Å². The molecule has 2 saturated heterocycles. The molecule has 2 fully saturated rings. The van der Waals surface area contributed by atoms with E-state index in [4.69, 9.17) is 18.9 Å². The SMILES string of the molecule is CC/C=C\C/C=C\C/C=C\C/C=C\CCCCCCCCCCCCCCCCCCCCCCCCCCCCCCC(=O)NC(COC1OC(CO)C(OC2OC(CO)C(O)C(O)C2O)C(O)C1O)C(O)/C=C/CCCCCCCCCCCCCCCCCCCCCCCCCCCCC. The van der Waals surface area contributed by atoms with Crippen molar-refractivity contribution in [2.24, 2.45) is 0 Å². The molecule has 0 spiro atoms. The predicted molar refractivity (Wildman–Crippen MR) is 434 cm³/mol. The van der Waals surface area contributed by atoms with Gasteiger partial charge in [0.25, 0.3) is 0 Å². The molecule has 2 heterocycles. The third-order valence-electron chi connectivity index (χ3n) is 21.7. The van der Waals surface area contributed by atoms with E-state index in [0.29, 0.717) is 6.42 Å². The summed E-state index contributed by atoms with van der Waals surface area (Å²) in [5.74, 6) is -0.230. The minimum Gasteiger partial charge on any atom is -0.394 e. The van der Waals surface area contributed by atoms with Crippen LogP contribution >= 0.6 is 0 Å². The number of hydrogen-bond donors (Lipinski definition) is 9. The number of aliphatic hydroxyl groups is 8. The Balaban J connectivity index is 1.55. The Morgan fingerprint density at radius 2 is 0.663 bits per heavy atom. The van der Waals surface area contributed by atoms with E-state index in [1.54, 1.807) is 6.08 Å². The first-order valence-electron chi connectivity index (χ1n) is 44.5. The van der Waals surface area contributed by atoms with E-state index in [1.807, 2.05) is 6.08 Å². The summed E-state index contributed by atoms with van der Waals surface area (Å²) in [6.45, 7) is 2.76. The summed E-state index contributed by atoms with van der Waals surface area (Å²) in [4.78, 5) is 13.4. The molecule has 2 rings (SSSR count). The lowest BCUT2D eigenvalue weighted by atomic mass is 9.97. The van der Waals surface area contributed by atoms with Crippen LogP contribution in [0.1, 0.15) is 412 Å². The zero-order chi connectivity index (χ0) is 75.1. The Hall–Kier alpha value is -2.31. The summed E-state index contributed by atoms with van der Waals surface area (Å²) < 4.78 is 23.0. The van der Waals surface area contributed by atoms with E-state index >= 15 is 0 Å². The highest BCUT2D eigenvalue weighted by molar-refractivity contribution is 5.76. The predicted octanol–water partition coefficient (Wildman–Crippen LogP) is 21.5. The van der Waals surface area contributed by atoms with Gasteiger partial charge in [0.1, 0.15) is 48.8 Å². The van der Waals surface area contributed by atoms with Gasteiger partial charge in [-0.2, -0.15) is 0 Å². The Morgan fingerprint density at radius 1 is 0.356 bits per heavy atom. The third kappa shape index (κ3) is 55.1. The summed E-state index contributed by atoms with van der Waals surface area (Å²) in [5.41, 5.74) is 0. The lowest BCUT2D eigenvalue weighted by Crippen LogP contribution is -2.65. The van der Waals surface area contributed by atoms with E-state index in [0.717, 1.165) is 64.2 Å². The van der Waals surface area contributed by atoms with Gasteiger partial charge >= 0.3 is 0 Å². The second kappa shape index (κ2) is 73.5. The molecule has 2 aliphatic heterocycles. The van der Waals surface area contributed by atoms with Crippen LogP contribution in [-0.2, 0) is 23.7 Å². The first kappa shape index (κ1) is 97.8. The van der Waals surface area contributed by atoms with Crippen LogP contribution in [0.5, 0.6) is 0 Å². The first-order valence-corrected chi connectivity index (χ1v) is 44.5. The molecule has 0 aromatic carbocycles. The van der Waals surface area contributed by atoms with Crippen LogP contribution in [0.25, 0.3) is 0 Å². The van der Waals surface area contributed by atoms with Crippen LogP contribution in [0.3, 0.4) is 0 Å². The molecule has 0 radical (unpaired) electrons. The van der Waals surface area contributed by atoms with Gasteiger partial charge < -0.3 is 65.1 Å². The third-order valence-corrected chi connectivity index (χ3v) is 21.7. The van der Waals surface area contributed by atoms with Crippen molar-refractivity contribution in [2.45, 2.75) is 485 Å². The van der Waals surface area contributed by atoms with Gasteiger partial charge in [-0.05, 0) is 57.8 Å². The van der Waals surface area contributed by atoms with Crippen LogP contribution in [-0.4, -0.2) is 140 Å². The minimum absolute atomic E-state index is 0.230. The Labute approximate surface area is 638 Å². The van der Waals surface area contributed by atoms with Crippen molar-refractivity contribution in [2.75, 3.05) is 19.8 Å². The van der Waals surface area contributed by atoms with Crippen LogP contribution in [0.2, 0.25) is 0 Å². The standard InChI is InChI=1S/C90H167NO13/c1-3-5-7-9-11-13-15-17-19-21-23-25-27-29-31-33-34-35-36-37-38-39-40-41-42-43-44-46-48-50-52-54-56-58-60-62-64-66-68-70-72-74-82(95)91-78(77-101-89-87(100)85(98)88(81(76-93)103-89)104-90-86(99)84(97)83(96)80(75-92)102-90)79(94)73-71-69-67-65-63-61-59-57-55-53-51-49-47-45-32-30-28-26-24-22-20-18-16-14-12-10-8-6-4-2/h5,7,11,13,17,19,23,25,71,73,78-81,83-90,92-94,96-100H,3-4,6,8-10,12,14-16,18,20-22,24,26-70,72,74-77H2,1-2H3,(H,91,95)/b7-5-,13-11-,19-17-,25-23-,73-71+. The van der Waals surface area contributed by atoms with Crippen molar-refractivity contribution in [3.8, 4) is 0 Å². The van der Waals surface area contributed by atoms with Crippen LogP contribution < -0.4 is 5.32 Å². The Kier molecular flexibility index (Phi) is 69.1. The highest BCUT2D eigenvalue weighted by atomic mass is 16.7. The van der Waals surface area contributed by atoms with Crippen molar-refractivity contribution < 1.29 is 64.6 Å². The molecule has 12 unspecified atom stereocenters. The first-order chi connectivity index (χ1) is 51.1. The number of unbranched alkanes of at least 4 members (excludes halogenated alkanes) is 55. The number of ether oxygens (including phenoxy) is 4. The summed E-state index contributed by atoms with van der Waals surface area (Å²) in [7, 11) is 0. The quantitative estimate of drug-likeness (QED) is 0.0204. The fourth-order valence-corrected chi connectivity index (χ4v) is 14.8. The van der Waals surface area contributed by atoms with Gasteiger partial charge in [-0.1, -0.05) is 408 Å². The van der Waals surface area contributed by atoms with Crippen molar-refractivity contribution in [1.29, 1.82) is 0 Å². The maximum absolute atomic E-state index is 13.4. The molecule has 610 valence electrons. The Morgan fingerprint density at radius 3 is 1.02 bits per heavy atom. The zero-order valence-electron chi connectivity index (χ0n) is 67.3. The molecule has 1 amide bonds. The summed E-state index contributed by atoms with van der Waals surface area (Å²) in [6, 6.07) is -0.916. The molecule has 2 aliphatic rings. The number of allylic oxidation sites excluding steroid dienone is 9. The fraction of sp³-hybridized carbons (Fsp3) is 0.878. The van der Waals surface area contributed by atoms with Gasteiger partial charge in [0, 0.05) is 6.42 Å². The molecule has 0 aromatic heterocycles.